The number of oxazole rings is 1. The van der Waals surface area contributed by atoms with E-state index in [9.17, 15) is 23.6 Å². The van der Waals surface area contributed by atoms with Gasteiger partial charge in [-0.25, -0.2) is 13.6 Å². The molecule has 1 amide bonds. The van der Waals surface area contributed by atoms with Crippen molar-refractivity contribution in [2.24, 2.45) is 7.05 Å². The van der Waals surface area contributed by atoms with Gasteiger partial charge in [-0.3, -0.25) is 9.36 Å². The van der Waals surface area contributed by atoms with Crippen LogP contribution in [0.25, 0.3) is 22.2 Å². The maximum atomic E-state index is 14.9. The van der Waals surface area contributed by atoms with Crippen molar-refractivity contribution in [3.63, 3.8) is 0 Å². The predicted molar refractivity (Wildman–Crippen MR) is 115 cm³/mol. The lowest BCUT2D eigenvalue weighted by atomic mass is 9.99. The monoisotopic (exact) mass is 456 g/mol. The number of carbonyl (C=O) groups excluding carboxylic acids is 1. The minimum absolute atomic E-state index is 0.00210. The molecule has 33 heavy (non-hydrogen) atoms. The molecule has 1 aliphatic rings. The molecular weight excluding hydrogens is 434 g/mol. The number of nitriles is 1. The van der Waals surface area contributed by atoms with Crippen LogP contribution in [0.1, 0.15) is 12.0 Å². The Morgan fingerprint density at radius 2 is 2.15 bits per heavy atom. The molecule has 3 aromatic rings. The van der Waals surface area contributed by atoms with Gasteiger partial charge in [-0.05, 0) is 36.2 Å². The molecule has 1 fully saturated rings. The highest BCUT2D eigenvalue weighted by atomic mass is 19.2. The lowest BCUT2D eigenvalue weighted by Gasteiger charge is -2.18. The third-order valence-electron chi connectivity index (χ3n) is 5.60. The van der Waals surface area contributed by atoms with Crippen LogP contribution in [0, 0.1) is 23.0 Å². The van der Waals surface area contributed by atoms with Crippen molar-refractivity contribution in [3.05, 3.63) is 58.1 Å². The third-order valence-corrected chi connectivity index (χ3v) is 5.60. The molecule has 1 saturated heterocycles. The molecule has 0 bridgehead atoms. The summed E-state index contributed by atoms with van der Waals surface area (Å²) in [7, 11) is 1.52. The molecule has 2 atom stereocenters. The fourth-order valence-corrected chi connectivity index (χ4v) is 3.76. The molecule has 0 aliphatic carbocycles. The molecule has 0 unspecified atom stereocenters. The van der Waals surface area contributed by atoms with Crippen molar-refractivity contribution in [1.82, 2.24) is 15.2 Å². The Morgan fingerprint density at radius 3 is 2.94 bits per heavy atom. The van der Waals surface area contributed by atoms with Crippen LogP contribution < -0.4 is 16.4 Å². The van der Waals surface area contributed by atoms with E-state index >= 15 is 0 Å². The first-order valence-corrected chi connectivity index (χ1v) is 10.5. The van der Waals surface area contributed by atoms with Crippen molar-refractivity contribution < 1.29 is 22.7 Å². The third kappa shape index (κ3) is 4.65. The first kappa shape index (κ1) is 22.6. The lowest BCUT2D eigenvalue weighted by Crippen LogP contribution is -2.46. The Hall–Kier alpha value is -3.55. The van der Waals surface area contributed by atoms with Crippen LogP contribution in [0.3, 0.4) is 0 Å². The number of amides is 1. The summed E-state index contributed by atoms with van der Waals surface area (Å²) in [6.45, 7) is 1.46. The summed E-state index contributed by atoms with van der Waals surface area (Å²) in [5.74, 6) is -3.22. The summed E-state index contributed by atoms with van der Waals surface area (Å²) < 4.78 is 41.6. The number of aryl methyl sites for hydroxylation is 1. The van der Waals surface area contributed by atoms with Gasteiger partial charge in [0.25, 0.3) is 5.91 Å². The van der Waals surface area contributed by atoms with Crippen LogP contribution in [0.15, 0.2) is 39.5 Å². The smallest absolute Gasteiger partial charge is 0.408 e. The van der Waals surface area contributed by atoms with Gasteiger partial charge in [0.15, 0.2) is 17.2 Å². The normalized spacial score (nSPS) is 17.3. The van der Waals surface area contributed by atoms with Crippen molar-refractivity contribution in [2.45, 2.75) is 25.0 Å². The Labute approximate surface area is 187 Å². The number of hydrogen-bond acceptors (Lipinski definition) is 6. The van der Waals surface area contributed by atoms with Gasteiger partial charge in [0, 0.05) is 32.2 Å². The van der Waals surface area contributed by atoms with Crippen molar-refractivity contribution in [3.8, 4) is 17.2 Å². The first-order chi connectivity index (χ1) is 15.9. The second kappa shape index (κ2) is 9.52. The van der Waals surface area contributed by atoms with Crippen LogP contribution >= 0.6 is 0 Å². The summed E-state index contributed by atoms with van der Waals surface area (Å²) in [6.07, 6.45) is -0.187. The number of aromatic nitrogens is 1. The molecular formula is C23H22F2N4O4. The highest BCUT2D eigenvalue weighted by molar-refractivity contribution is 5.82. The lowest BCUT2D eigenvalue weighted by molar-refractivity contribution is -0.132. The SMILES string of the molecule is Cn1c(=O)oc2ccc(-c3ccc(C[C@@H](C#N)NC(=O)[C@@H]4CNCCCO4)c(F)c3F)cc21. The van der Waals surface area contributed by atoms with Gasteiger partial charge in [-0.1, -0.05) is 18.2 Å². The summed E-state index contributed by atoms with van der Waals surface area (Å²) in [6, 6.07) is 8.23. The summed E-state index contributed by atoms with van der Waals surface area (Å²) >= 11 is 0. The van der Waals surface area contributed by atoms with Crippen molar-refractivity contribution in [2.75, 3.05) is 19.7 Å². The Bertz CT molecular complexity index is 1290. The van der Waals surface area contributed by atoms with E-state index in [0.29, 0.717) is 29.8 Å². The topological polar surface area (TPSA) is 109 Å². The average molecular weight is 456 g/mol. The highest BCUT2D eigenvalue weighted by Gasteiger charge is 2.25. The summed E-state index contributed by atoms with van der Waals surface area (Å²) in [5, 5.41) is 15.0. The molecule has 8 nitrogen and oxygen atoms in total. The van der Waals surface area contributed by atoms with Gasteiger partial charge in [0.05, 0.1) is 11.6 Å². The standard InChI is InChI=1S/C23H22F2N4O4/c1-29-17-10-13(4-6-18(17)33-23(29)31)16-5-3-14(20(24)21(16)25)9-15(11-26)28-22(30)19-12-27-7-2-8-32-19/h3-6,10,15,19,27H,2,7-9,12H2,1H3,(H,28,30)/t15-,19-/m0/s1. The Balaban J connectivity index is 1.54. The van der Waals surface area contributed by atoms with Crippen LogP contribution in [-0.4, -0.2) is 42.3 Å². The van der Waals surface area contributed by atoms with Gasteiger partial charge >= 0.3 is 5.76 Å². The zero-order valence-corrected chi connectivity index (χ0v) is 17.9. The van der Waals surface area contributed by atoms with Crippen LogP contribution in [0.2, 0.25) is 0 Å². The van der Waals surface area contributed by atoms with Gasteiger partial charge < -0.3 is 19.8 Å². The van der Waals surface area contributed by atoms with Gasteiger partial charge in [-0.15, -0.1) is 0 Å². The second-order valence-corrected chi connectivity index (χ2v) is 7.82. The summed E-state index contributed by atoms with van der Waals surface area (Å²) in [4.78, 5) is 24.1. The number of halogens is 2. The fourth-order valence-electron chi connectivity index (χ4n) is 3.76. The number of rotatable bonds is 5. The van der Waals surface area contributed by atoms with Gasteiger partial charge in [0.2, 0.25) is 0 Å². The number of nitrogens with zero attached hydrogens (tertiary/aromatic N) is 2. The fraction of sp³-hybridized carbons (Fsp3) is 0.348. The second-order valence-electron chi connectivity index (χ2n) is 7.82. The van der Waals surface area contributed by atoms with E-state index in [0.717, 1.165) is 13.0 Å². The molecule has 0 saturated carbocycles. The molecule has 172 valence electrons. The molecule has 0 spiro atoms. The van der Waals surface area contributed by atoms with E-state index in [1.54, 1.807) is 0 Å². The number of ether oxygens (including phenoxy) is 1. The summed E-state index contributed by atoms with van der Waals surface area (Å²) in [5.41, 5.74) is 1.11. The van der Waals surface area contributed by atoms with Crippen molar-refractivity contribution in [1.29, 1.82) is 5.26 Å². The maximum Gasteiger partial charge on any atom is 0.419 e. The molecule has 1 aliphatic heterocycles. The minimum atomic E-state index is -1.10. The number of nitrogens with one attached hydrogen (secondary N) is 2. The zero-order valence-electron chi connectivity index (χ0n) is 17.9. The van der Waals surface area contributed by atoms with E-state index in [4.69, 9.17) is 9.15 Å². The molecule has 1 aromatic heterocycles. The van der Waals surface area contributed by atoms with E-state index in [1.165, 1.54) is 41.9 Å². The number of fused-ring (bicyclic) bond motifs is 1. The maximum absolute atomic E-state index is 14.9. The van der Waals surface area contributed by atoms with Crippen molar-refractivity contribution >= 4 is 17.0 Å². The van der Waals surface area contributed by atoms with Gasteiger partial charge in [0.1, 0.15) is 12.1 Å². The van der Waals surface area contributed by atoms with Crippen LogP contribution in [0.4, 0.5) is 8.78 Å². The molecule has 10 heteroatoms. The Morgan fingerprint density at radius 1 is 1.33 bits per heavy atom. The van der Waals surface area contributed by atoms with E-state index in [1.807, 2.05) is 6.07 Å². The minimum Gasteiger partial charge on any atom is -0.408 e. The quantitative estimate of drug-likeness (QED) is 0.608. The van der Waals surface area contributed by atoms with Crippen LogP contribution in [-0.2, 0) is 23.0 Å². The highest BCUT2D eigenvalue weighted by Crippen LogP contribution is 2.29. The van der Waals surface area contributed by atoms with E-state index in [2.05, 4.69) is 10.6 Å². The number of carbonyl (C=O) groups is 1. The average Bonchev–Trinajstić information content (AvgIpc) is 2.99. The predicted octanol–water partition coefficient (Wildman–Crippen LogP) is 2.01. The number of benzene rings is 2. The molecule has 2 heterocycles. The van der Waals surface area contributed by atoms with E-state index in [-0.39, 0.29) is 17.5 Å². The Kier molecular flexibility index (Phi) is 6.53. The van der Waals surface area contributed by atoms with E-state index < -0.39 is 35.4 Å². The largest absolute Gasteiger partial charge is 0.419 e. The van der Waals surface area contributed by atoms with Crippen LogP contribution in [0.5, 0.6) is 0 Å². The molecule has 2 aromatic carbocycles. The molecule has 4 rings (SSSR count). The molecule has 2 N–H and O–H groups in total. The zero-order chi connectivity index (χ0) is 23.5. The molecule has 0 radical (unpaired) electrons. The van der Waals surface area contributed by atoms with Gasteiger partial charge in [-0.2, -0.15) is 5.26 Å². The number of hydrogen-bond donors (Lipinski definition) is 2. The first-order valence-electron chi connectivity index (χ1n) is 10.5.